The van der Waals surface area contributed by atoms with Gasteiger partial charge in [-0.15, -0.1) is 0 Å². The Balaban J connectivity index is 1.71. The summed E-state index contributed by atoms with van der Waals surface area (Å²) in [7, 11) is 0. The van der Waals surface area contributed by atoms with Crippen molar-refractivity contribution in [1.29, 1.82) is 0 Å². The van der Waals surface area contributed by atoms with Crippen molar-refractivity contribution in [3.05, 3.63) is 11.7 Å². The highest BCUT2D eigenvalue weighted by Gasteiger charge is 2.39. The van der Waals surface area contributed by atoms with E-state index in [1.165, 1.54) is 32.1 Å². The van der Waals surface area contributed by atoms with E-state index in [9.17, 15) is 5.11 Å². The van der Waals surface area contributed by atoms with Crippen LogP contribution in [-0.4, -0.2) is 45.9 Å². The molecule has 1 saturated carbocycles. The minimum atomic E-state index is 0.202. The van der Waals surface area contributed by atoms with Gasteiger partial charge in [0.15, 0.2) is 5.82 Å². The first-order valence-corrected chi connectivity index (χ1v) is 7.43. The molecule has 0 spiro atoms. The van der Waals surface area contributed by atoms with Crippen LogP contribution in [0, 0.1) is 12.8 Å². The molecule has 0 unspecified atom stereocenters. The van der Waals surface area contributed by atoms with Crippen molar-refractivity contribution in [3.8, 4) is 0 Å². The fraction of sp³-hybridized carbons (Fsp3) is 0.857. The maximum absolute atomic E-state index is 9.60. The highest BCUT2D eigenvalue weighted by atomic mass is 16.5. The number of aromatic nitrogens is 2. The van der Waals surface area contributed by atoms with Crippen LogP contribution in [0.3, 0.4) is 0 Å². The molecule has 0 amide bonds. The number of aliphatic hydroxyl groups excluding tert-OH is 1. The average Bonchev–Trinajstić information content (AvgIpc) is 3.05. The zero-order valence-electron chi connectivity index (χ0n) is 11.6. The van der Waals surface area contributed by atoms with Crippen molar-refractivity contribution in [2.24, 2.45) is 5.92 Å². The van der Waals surface area contributed by atoms with Gasteiger partial charge in [0.1, 0.15) is 0 Å². The molecule has 0 bridgehead atoms. The van der Waals surface area contributed by atoms with E-state index in [1.807, 2.05) is 6.92 Å². The highest BCUT2D eigenvalue weighted by Crippen LogP contribution is 2.35. The number of likely N-dealkylation sites (tertiary alicyclic amines) is 1. The molecular formula is C14H23N3O2. The lowest BCUT2D eigenvalue weighted by Crippen LogP contribution is -2.35. The fourth-order valence-corrected chi connectivity index (χ4v) is 3.58. The summed E-state index contributed by atoms with van der Waals surface area (Å²) in [4.78, 5) is 6.89. The van der Waals surface area contributed by atoms with Crippen molar-refractivity contribution in [2.45, 2.75) is 51.0 Å². The van der Waals surface area contributed by atoms with Gasteiger partial charge in [-0.3, -0.25) is 4.90 Å². The minimum Gasteiger partial charge on any atom is -0.396 e. The van der Waals surface area contributed by atoms with Gasteiger partial charge in [-0.1, -0.05) is 24.4 Å². The van der Waals surface area contributed by atoms with Crippen LogP contribution >= 0.6 is 0 Å². The molecule has 106 valence electrons. The van der Waals surface area contributed by atoms with E-state index in [0.717, 1.165) is 13.1 Å². The Labute approximate surface area is 114 Å². The van der Waals surface area contributed by atoms with Crippen molar-refractivity contribution < 1.29 is 9.63 Å². The average molecular weight is 265 g/mol. The molecule has 1 aromatic rings. The Morgan fingerprint density at radius 3 is 2.68 bits per heavy atom. The SMILES string of the molecule is Cc1noc([C@@H]2CN(C3CCCCC3)C[C@H]2CO)n1. The predicted octanol–water partition coefficient (Wildman–Crippen LogP) is 1.72. The maximum atomic E-state index is 9.60. The normalized spacial score (nSPS) is 30.0. The van der Waals surface area contributed by atoms with Gasteiger partial charge in [-0.2, -0.15) is 4.98 Å². The molecule has 0 aromatic carbocycles. The van der Waals surface area contributed by atoms with Crippen molar-refractivity contribution in [1.82, 2.24) is 15.0 Å². The Morgan fingerprint density at radius 1 is 1.26 bits per heavy atom. The molecule has 1 aliphatic heterocycles. The first-order chi connectivity index (χ1) is 9.28. The first kappa shape index (κ1) is 13.1. The summed E-state index contributed by atoms with van der Waals surface area (Å²) < 4.78 is 5.32. The van der Waals surface area contributed by atoms with Gasteiger partial charge < -0.3 is 9.63 Å². The van der Waals surface area contributed by atoms with E-state index in [-0.39, 0.29) is 18.4 Å². The summed E-state index contributed by atoms with van der Waals surface area (Å²) in [6.45, 7) is 3.97. The number of nitrogens with zero attached hydrogens (tertiary/aromatic N) is 3. The quantitative estimate of drug-likeness (QED) is 0.901. The molecule has 2 atom stereocenters. The Bertz CT molecular complexity index is 415. The van der Waals surface area contributed by atoms with Crippen LogP contribution in [-0.2, 0) is 0 Å². The van der Waals surface area contributed by atoms with E-state index in [0.29, 0.717) is 17.8 Å². The number of aryl methyl sites for hydroxylation is 1. The van der Waals surface area contributed by atoms with Crippen LogP contribution in [0.5, 0.6) is 0 Å². The number of aliphatic hydroxyl groups is 1. The van der Waals surface area contributed by atoms with Crippen LogP contribution < -0.4 is 0 Å². The van der Waals surface area contributed by atoms with Crippen molar-refractivity contribution in [3.63, 3.8) is 0 Å². The number of hydrogen-bond donors (Lipinski definition) is 1. The lowest BCUT2D eigenvalue weighted by molar-refractivity contribution is 0.169. The summed E-state index contributed by atoms with van der Waals surface area (Å²) >= 11 is 0. The molecule has 1 aromatic heterocycles. The second kappa shape index (κ2) is 5.59. The van der Waals surface area contributed by atoms with Gasteiger partial charge in [0.25, 0.3) is 0 Å². The summed E-state index contributed by atoms with van der Waals surface area (Å²) in [5, 5.41) is 13.5. The molecule has 19 heavy (non-hydrogen) atoms. The number of hydrogen-bond acceptors (Lipinski definition) is 5. The summed E-state index contributed by atoms with van der Waals surface area (Å²) in [6, 6.07) is 0.691. The molecule has 2 heterocycles. The smallest absolute Gasteiger partial charge is 0.231 e. The van der Waals surface area contributed by atoms with E-state index in [2.05, 4.69) is 15.0 Å². The molecule has 1 saturated heterocycles. The van der Waals surface area contributed by atoms with E-state index in [1.54, 1.807) is 0 Å². The Kier molecular flexibility index (Phi) is 3.84. The largest absolute Gasteiger partial charge is 0.396 e. The highest BCUT2D eigenvalue weighted by molar-refractivity contribution is 5.03. The maximum Gasteiger partial charge on any atom is 0.231 e. The molecule has 0 radical (unpaired) electrons. The lowest BCUT2D eigenvalue weighted by Gasteiger charge is -2.31. The van der Waals surface area contributed by atoms with Crippen molar-refractivity contribution >= 4 is 0 Å². The first-order valence-electron chi connectivity index (χ1n) is 7.43. The summed E-state index contributed by atoms with van der Waals surface area (Å²) in [5.74, 6) is 1.83. The predicted molar refractivity (Wildman–Crippen MR) is 70.8 cm³/mol. The summed E-state index contributed by atoms with van der Waals surface area (Å²) in [6.07, 6.45) is 6.66. The van der Waals surface area contributed by atoms with E-state index in [4.69, 9.17) is 4.52 Å². The molecule has 5 heteroatoms. The van der Waals surface area contributed by atoms with Crippen LogP contribution in [0.1, 0.15) is 49.7 Å². The van der Waals surface area contributed by atoms with Gasteiger partial charge in [0, 0.05) is 31.7 Å². The summed E-state index contributed by atoms with van der Waals surface area (Å²) in [5.41, 5.74) is 0. The van der Waals surface area contributed by atoms with Gasteiger partial charge in [0.2, 0.25) is 5.89 Å². The Morgan fingerprint density at radius 2 is 2.05 bits per heavy atom. The molecule has 1 N–H and O–H groups in total. The van der Waals surface area contributed by atoms with Crippen LogP contribution in [0.2, 0.25) is 0 Å². The zero-order chi connectivity index (χ0) is 13.2. The molecule has 3 rings (SSSR count). The van der Waals surface area contributed by atoms with Gasteiger partial charge in [-0.25, -0.2) is 0 Å². The zero-order valence-corrected chi connectivity index (χ0v) is 11.6. The van der Waals surface area contributed by atoms with Crippen molar-refractivity contribution in [2.75, 3.05) is 19.7 Å². The van der Waals surface area contributed by atoms with Crippen LogP contribution in [0.15, 0.2) is 4.52 Å². The standard InChI is InChI=1S/C14H23N3O2/c1-10-15-14(19-16-10)13-8-17(7-11(13)9-18)12-5-3-2-4-6-12/h11-13,18H,2-9H2,1H3/t11-,13+/m0/s1. The molecule has 1 aliphatic carbocycles. The molecule has 2 aliphatic rings. The third-order valence-corrected chi connectivity index (χ3v) is 4.66. The van der Waals surface area contributed by atoms with Crippen LogP contribution in [0.4, 0.5) is 0 Å². The van der Waals surface area contributed by atoms with E-state index >= 15 is 0 Å². The van der Waals surface area contributed by atoms with Gasteiger partial charge >= 0.3 is 0 Å². The van der Waals surface area contributed by atoms with Gasteiger partial charge in [0.05, 0.1) is 5.92 Å². The second-order valence-electron chi connectivity index (χ2n) is 5.97. The second-order valence-corrected chi connectivity index (χ2v) is 5.97. The number of rotatable bonds is 3. The Hall–Kier alpha value is -0.940. The topological polar surface area (TPSA) is 62.4 Å². The third-order valence-electron chi connectivity index (χ3n) is 4.66. The molecule has 2 fully saturated rings. The lowest BCUT2D eigenvalue weighted by atomic mass is 9.94. The monoisotopic (exact) mass is 265 g/mol. The third kappa shape index (κ3) is 2.67. The molecule has 5 nitrogen and oxygen atoms in total. The molecular weight excluding hydrogens is 242 g/mol. The minimum absolute atomic E-state index is 0.202. The van der Waals surface area contributed by atoms with E-state index < -0.39 is 0 Å². The van der Waals surface area contributed by atoms with Crippen LogP contribution in [0.25, 0.3) is 0 Å². The van der Waals surface area contributed by atoms with Gasteiger partial charge in [-0.05, 0) is 19.8 Å². The fourth-order valence-electron chi connectivity index (χ4n) is 3.58.